The first-order valence-corrected chi connectivity index (χ1v) is 15.7. The molecule has 258 valence electrons. The highest BCUT2D eigenvalue weighted by molar-refractivity contribution is 6.21. The van der Waals surface area contributed by atoms with Gasteiger partial charge in [0.25, 0.3) is 11.8 Å². The number of carbonyl (C=O) groups excluding carboxylic acids is 4. The molecule has 0 aliphatic carbocycles. The predicted molar refractivity (Wildman–Crippen MR) is 189 cm³/mol. The lowest BCUT2D eigenvalue weighted by Gasteiger charge is -2.26. The Kier molecular flexibility index (Phi) is 10.6. The van der Waals surface area contributed by atoms with Gasteiger partial charge in [-0.2, -0.15) is 0 Å². The molecule has 6 rings (SSSR count). The summed E-state index contributed by atoms with van der Waals surface area (Å²) in [7, 11) is 0. The molecule has 0 aromatic heterocycles. The number of hydrogen-bond acceptors (Lipinski definition) is 9. The topological polar surface area (TPSA) is 173 Å². The molecule has 1 fully saturated rings. The van der Waals surface area contributed by atoms with Crippen LogP contribution in [0.3, 0.4) is 0 Å². The van der Waals surface area contributed by atoms with E-state index in [1.165, 1.54) is 17.0 Å². The van der Waals surface area contributed by atoms with Crippen molar-refractivity contribution in [1.82, 2.24) is 10.6 Å². The molecule has 1 saturated heterocycles. The SMILES string of the molecule is C.Cc1cc(C(=O)NC2N=C(c3ccccc3)c3cc(N)ccc3N(CC(=O)N[C@H]3CC(=O)OC3OCc3ccccc3)C2=O)cc(C)c1O. The number of fused-ring (bicyclic) bond motifs is 1. The second-order valence-corrected chi connectivity index (χ2v) is 11.9. The number of benzene rings is 4. The number of phenols is 1. The molecule has 4 aromatic rings. The van der Waals surface area contributed by atoms with E-state index in [-0.39, 0.29) is 31.8 Å². The molecule has 3 amide bonds. The Morgan fingerprint density at radius 3 is 2.30 bits per heavy atom. The molecule has 2 heterocycles. The van der Waals surface area contributed by atoms with Crippen LogP contribution in [0, 0.1) is 13.8 Å². The Hall–Kier alpha value is -6.01. The number of nitrogen functional groups attached to an aromatic ring is 1. The van der Waals surface area contributed by atoms with Crippen LogP contribution in [0.1, 0.15) is 52.0 Å². The van der Waals surface area contributed by atoms with E-state index in [1.807, 2.05) is 60.7 Å². The number of anilines is 2. The molecule has 12 heteroatoms. The fourth-order valence-corrected chi connectivity index (χ4v) is 5.83. The van der Waals surface area contributed by atoms with Gasteiger partial charge in [0, 0.05) is 22.4 Å². The number of aryl methyl sites for hydroxylation is 2. The van der Waals surface area contributed by atoms with Gasteiger partial charge < -0.3 is 30.9 Å². The first-order valence-electron chi connectivity index (χ1n) is 15.7. The number of rotatable bonds is 9. The van der Waals surface area contributed by atoms with E-state index in [2.05, 4.69) is 10.6 Å². The minimum Gasteiger partial charge on any atom is -0.507 e. The van der Waals surface area contributed by atoms with Crippen molar-refractivity contribution in [2.24, 2.45) is 4.99 Å². The van der Waals surface area contributed by atoms with E-state index in [0.717, 1.165) is 5.56 Å². The first kappa shape index (κ1) is 35.3. The molecular weight excluding hydrogens is 638 g/mol. The van der Waals surface area contributed by atoms with Gasteiger partial charge in [-0.25, -0.2) is 4.99 Å². The Morgan fingerprint density at radius 1 is 0.960 bits per heavy atom. The number of ether oxygens (including phenoxy) is 2. The number of aromatic hydroxyl groups is 1. The predicted octanol–water partition coefficient (Wildman–Crippen LogP) is 4.14. The Bertz CT molecular complexity index is 1920. The van der Waals surface area contributed by atoms with Crippen molar-refractivity contribution >= 4 is 40.8 Å². The van der Waals surface area contributed by atoms with Crippen LogP contribution in [0.25, 0.3) is 0 Å². The van der Waals surface area contributed by atoms with Crippen molar-refractivity contribution in [3.63, 3.8) is 0 Å². The monoisotopic (exact) mass is 677 g/mol. The molecule has 0 radical (unpaired) electrons. The van der Waals surface area contributed by atoms with Gasteiger partial charge in [-0.1, -0.05) is 68.1 Å². The van der Waals surface area contributed by atoms with Crippen molar-refractivity contribution < 1.29 is 33.8 Å². The highest BCUT2D eigenvalue weighted by Gasteiger charge is 2.39. The number of esters is 1. The molecule has 0 spiro atoms. The van der Waals surface area contributed by atoms with Crippen LogP contribution in [-0.4, -0.2) is 59.6 Å². The third-order valence-electron chi connectivity index (χ3n) is 8.26. The second-order valence-electron chi connectivity index (χ2n) is 11.9. The van der Waals surface area contributed by atoms with E-state index < -0.39 is 48.7 Å². The third kappa shape index (κ3) is 7.66. The van der Waals surface area contributed by atoms with E-state index in [0.29, 0.717) is 39.3 Å². The van der Waals surface area contributed by atoms with Crippen molar-refractivity contribution in [2.75, 3.05) is 17.2 Å². The number of carbonyl (C=O) groups is 4. The smallest absolute Gasteiger partial charge is 0.310 e. The Labute approximate surface area is 289 Å². The van der Waals surface area contributed by atoms with Gasteiger partial charge in [0.15, 0.2) is 0 Å². The minimum absolute atomic E-state index is 0. The van der Waals surface area contributed by atoms with E-state index in [9.17, 15) is 24.3 Å². The largest absolute Gasteiger partial charge is 0.507 e. The lowest BCUT2D eigenvalue weighted by Crippen LogP contribution is -2.52. The highest BCUT2D eigenvalue weighted by Crippen LogP contribution is 2.31. The van der Waals surface area contributed by atoms with E-state index in [4.69, 9.17) is 20.2 Å². The fourth-order valence-electron chi connectivity index (χ4n) is 5.83. The second kappa shape index (κ2) is 15.0. The van der Waals surface area contributed by atoms with Crippen LogP contribution < -0.4 is 21.3 Å². The lowest BCUT2D eigenvalue weighted by molar-refractivity contribution is -0.168. The molecule has 0 saturated carbocycles. The van der Waals surface area contributed by atoms with Gasteiger partial charge in [0.2, 0.25) is 18.4 Å². The maximum Gasteiger partial charge on any atom is 0.310 e. The van der Waals surface area contributed by atoms with Crippen LogP contribution in [0.15, 0.2) is 96.0 Å². The lowest BCUT2D eigenvalue weighted by atomic mass is 9.99. The molecular formula is C38H39N5O7. The summed E-state index contributed by atoms with van der Waals surface area (Å²) >= 11 is 0. The number of hydrogen-bond donors (Lipinski definition) is 4. The number of benzodiazepines with no additional fused rings is 1. The molecule has 12 nitrogen and oxygen atoms in total. The molecule has 3 atom stereocenters. The quantitative estimate of drug-likeness (QED) is 0.151. The standard InChI is InChI=1S/C37H35N5O7.CH4/c1-21-15-25(16-22(2)33(21)45)35(46)41-34-36(47)42(29-14-13-26(38)17-27(29)32(40-34)24-11-7-4-8-12-24)19-30(43)39-28-18-31(44)49-37(28)48-20-23-9-5-3-6-10-23;/h3-17,28,34,37,45H,18-20,38H2,1-2H3,(H,39,43)(H,41,46);1H4/t28-,34?,37?;/m0./s1. The summed E-state index contributed by atoms with van der Waals surface area (Å²) in [6.45, 7) is 3.02. The zero-order valence-electron chi connectivity index (χ0n) is 26.9. The van der Waals surface area contributed by atoms with Crippen molar-refractivity contribution in [1.29, 1.82) is 0 Å². The molecule has 5 N–H and O–H groups in total. The first-order chi connectivity index (χ1) is 23.6. The summed E-state index contributed by atoms with van der Waals surface area (Å²) in [4.78, 5) is 59.7. The van der Waals surface area contributed by atoms with Crippen LogP contribution >= 0.6 is 0 Å². The van der Waals surface area contributed by atoms with Gasteiger partial charge >= 0.3 is 5.97 Å². The molecule has 2 aliphatic heterocycles. The van der Waals surface area contributed by atoms with Crippen molar-refractivity contribution in [2.45, 2.75) is 52.8 Å². The average molecular weight is 678 g/mol. The zero-order valence-corrected chi connectivity index (χ0v) is 26.9. The number of cyclic esters (lactones) is 1. The number of aliphatic imine (C=N–C) groups is 1. The van der Waals surface area contributed by atoms with Crippen LogP contribution in [0.2, 0.25) is 0 Å². The van der Waals surface area contributed by atoms with Gasteiger partial charge in [0.1, 0.15) is 18.3 Å². The van der Waals surface area contributed by atoms with E-state index >= 15 is 0 Å². The third-order valence-corrected chi connectivity index (χ3v) is 8.26. The zero-order chi connectivity index (χ0) is 34.7. The summed E-state index contributed by atoms with van der Waals surface area (Å²) in [6, 6.07) is 25.6. The summed E-state index contributed by atoms with van der Waals surface area (Å²) in [5.74, 6) is -2.33. The highest BCUT2D eigenvalue weighted by atomic mass is 16.7. The average Bonchev–Trinajstić information content (AvgIpc) is 3.40. The Balaban J connectivity index is 0.00000486. The van der Waals surface area contributed by atoms with Crippen LogP contribution in [-0.2, 0) is 30.5 Å². The number of nitrogens with one attached hydrogen (secondary N) is 2. The van der Waals surface area contributed by atoms with Gasteiger partial charge in [-0.15, -0.1) is 0 Å². The molecule has 2 aliphatic rings. The maximum atomic E-state index is 14.3. The summed E-state index contributed by atoms with van der Waals surface area (Å²) < 4.78 is 11.2. The molecule has 0 bridgehead atoms. The van der Waals surface area contributed by atoms with Crippen molar-refractivity contribution in [3.05, 3.63) is 124 Å². The fraction of sp³-hybridized carbons (Fsp3) is 0.237. The van der Waals surface area contributed by atoms with Gasteiger partial charge in [-0.3, -0.25) is 24.1 Å². The van der Waals surface area contributed by atoms with Gasteiger partial charge in [0.05, 0.1) is 24.4 Å². The molecule has 50 heavy (non-hydrogen) atoms. The Morgan fingerprint density at radius 2 is 1.62 bits per heavy atom. The van der Waals surface area contributed by atoms with Crippen molar-refractivity contribution in [3.8, 4) is 5.75 Å². The molecule has 2 unspecified atom stereocenters. The normalized spacial score (nSPS) is 18.2. The summed E-state index contributed by atoms with van der Waals surface area (Å²) in [5.41, 5.74) is 10.5. The maximum absolute atomic E-state index is 14.3. The number of nitrogens with zero attached hydrogens (tertiary/aromatic N) is 2. The number of amides is 3. The van der Waals surface area contributed by atoms with E-state index in [1.54, 1.807) is 32.0 Å². The summed E-state index contributed by atoms with van der Waals surface area (Å²) in [5, 5.41) is 15.7. The van der Waals surface area contributed by atoms with Gasteiger partial charge in [-0.05, 0) is 60.9 Å². The molecule has 4 aromatic carbocycles. The number of phenolic OH excluding ortho intramolecular Hbond substituents is 1. The minimum atomic E-state index is -1.45. The van der Waals surface area contributed by atoms with Crippen LogP contribution in [0.5, 0.6) is 5.75 Å². The number of nitrogens with two attached hydrogens (primary N) is 1. The summed E-state index contributed by atoms with van der Waals surface area (Å²) in [6.07, 6.45) is -2.59. The van der Waals surface area contributed by atoms with Crippen LogP contribution in [0.4, 0.5) is 11.4 Å².